The average Bonchev–Trinajstić information content (AvgIpc) is 2.39. The molecule has 2 N–H and O–H groups in total. The predicted molar refractivity (Wildman–Crippen MR) is 52.3 cm³/mol. The van der Waals surface area contributed by atoms with E-state index in [1.165, 1.54) is 12.2 Å². The molecule has 0 aromatic rings. The number of nitrogens with one attached hydrogen (secondary N) is 1. The van der Waals surface area contributed by atoms with Gasteiger partial charge in [-0.25, -0.2) is 0 Å². The fourth-order valence-electron chi connectivity index (χ4n) is 1.45. The summed E-state index contributed by atoms with van der Waals surface area (Å²) in [4.78, 5) is 22.5. The lowest BCUT2D eigenvalue weighted by atomic mass is 9.99. The van der Waals surface area contributed by atoms with Crippen LogP contribution in [0.25, 0.3) is 0 Å². The second kappa shape index (κ2) is 3.53. The van der Waals surface area contributed by atoms with Gasteiger partial charge >= 0.3 is 0 Å². The van der Waals surface area contributed by atoms with Crippen molar-refractivity contribution in [3.63, 3.8) is 0 Å². The highest BCUT2D eigenvalue weighted by molar-refractivity contribution is 6.51. The van der Waals surface area contributed by atoms with Crippen molar-refractivity contribution in [2.75, 3.05) is 0 Å². The summed E-state index contributed by atoms with van der Waals surface area (Å²) in [5.74, 6) is -0.537. The van der Waals surface area contributed by atoms with Crippen LogP contribution in [0.2, 0.25) is 0 Å². The van der Waals surface area contributed by atoms with E-state index < -0.39 is 0 Å². The molecule has 0 saturated heterocycles. The summed E-state index contributed by atoms with van der Waals surface area (Å²) in [6, 6.07) is 0. The third kappa shape index (κ3) is 1.59. The van der Waals surface area contributed by atoms with Gasteiger partial charge in [-0.15, -0.1) is 0 Å². The Balaban J connectivity index is 2.52. The van der Waals surface area contributed by atoms with Crippen LogP contribution in [-0.4, -0.2) is 22.6 Å². The van der Waals surface area contributed by atoms with Gasteiger partial charge in [0.25, 0.3) is 0 Å². The highest BCUT2D eigenvalue weighted by Crippen LogP contribution is 2.17. The van der Waals surface area contributed by atoms with Gasteiger partial charge in [-0.3, -0.25) is 9.59 Å². The van der Waals surface area contributed by atoms with Crippen molar-refractivity contribution in [1.82, 2.24) is 5.32 Å². The number of amides is 1. The molecule has 15 heavy (non-hydrogen) atoms. The van der Waals surface area contributed by atoms with E-state index in [1.807, 2.05) is 0 Å². The smallest absolute Gasteiger partial charge is 0.228 e. The molecule has 1 heterocycles. The van der Waals surface area contributed by atoms with Gasteiger partial charge in [0.15, 0.2) is 5.71 Å². The summed E-state index contributed by atoms with van der Waals surface area (Å²) < 4.78 is 0. The van der Waals surface area contributed by atoms with Crippen LogP contribution in [0.1, 0.15) is 6.42 Å². The van der Waals surface area contributed by atoms with E-state index in [-0.39, 0.29) is 23.8 Å². The lowest BCUT2D eigenvalue weighted by Crippen LogP contribution is -2.26. The first-order valence-electron chi connectivity index (χ1n) is 4.38. The van der Waals surface area contributed by atoms with Gasteiger partial charge in [0.2, 0.25) is 11.7 Å². The maximum atomic E-state index is 11.3. The van der Waals surface area contributed by atoms with Gasteiger partial charge in [0, 0.05) is 12.0 Å². The van der Waals surface area contributed by atoms with Crippen LogP contribution in [0, 0.1) is 0 Å². The van der Waals surface area contributed by atoms with Crippen molar-refractivity contribution >= 4 is 17.4 Å². The Labute approximate surface area is 85.5 Å². The molecule has 1 amide bonds. The zero-order chi connectivity index (χ0) is 10.8. The summed E-state index contributed by atoms with van der Waals surface area (Å²) in [5.41, 5.74) is 0.878. The number of allylic oxidation sites excluding steroid dienone is 4. The first-order valence-corrected chi connectivity index (χ1v) is 4.38. The Morgan fingerprint density at radius 2 is 2.07 bits per heavy atom. The first-order chi connectivity index (χ1) is 7.22. The minimum Gasteiger partial charge on any atom is -0.410 e. The largest absolute Gasteiger partial charge is 0.410 e. The Morgan fingerprint density at radius 3 is 2.80 bits per heavy atom. The van der Waals surface area contributed by atoms with Crippen molar-refractivity contribution in [3.05, 3.63) is 35.6 Å². The fraction of sp³-hybridized carbons (Fsp3) is 0.100. The van der Waals surface area contributed by atoms with Crippen molar-refractivity contribution in [2.24, 2.45) is 5.16 Å². The Morgan fingerprint density at radius 1 is 1.27 bits per heavy atom. The molecule has 1 aliphatic heterocycles. The summed E-state index contributed by atoms with van der Waals surface area (Å²) in [7, 11) is 0. The molecule has 0 aromatic carbocycles. The number of oxime groups is 1. The van der Waals surface area contributed by atoms with Gasteiger partial charge in [-0.1, -0.05) is 17.3 Å². The number of carbonyl (C=O) groups excluding carboxylic acids is 2. The SMILES string of the molecule is O=C1CC=CC2=C(C=CC(=O)/C2=N\O)N1. The number of hydrogen-bond acceptors (Lipinski definition) is 4. The summed E-state index contributed by atoms with van der Waals surface area (Å²) in [6.45, 7) is 0. The summed E-state index contributed by atoms with van der Waals surface area (Å²) in [5, 5.41) is 14.3. The van der Waals surface area contributed by atoms with E-state index in [0.29, 0.717) is 11.3 Å². The molecular weight excluding hydrogens is 196 g/mol. The topological polar surface area (TPSA) is 78.8 Å². The van der Waals surface area contributed by atoms with Crippen LogP contribution < -0.4 is 5.32 Å². The molecular formula is C10H8N2O3. The molecule has 0 spiro atoms. The van der Waals surface area contributed by atoms with Gasteiger partial charge in [0.1, 0.15) is 0 Å². The third-order valence-electron chi connectivity index (χ3n) is 2.14. The van der Waals surface area contributed by atoms with Crippen molar-refractivity contribution in [2.45, 2.75) is 6.42 Å². The predicted octanol–water partition coefficient (Wildman–Crippen LogP) is 0.286. The number of carbonyl (C=O) groups is 2. The zero-order valence-electron chi connectivity index (χ0n) is 7.73. The molecule has 76 valence electrons. The summed E-state index contributed by atoms with van der Waals surface area (Å²) in [6.07, 6.45) is 6.22. The normalized spacial score (nSPS) is 22.8. The molecule has 0 aromatic heterocycles. The second-order valence-electron chi connectivity index (χ2n) is 3.13. The monoisotopic (exact) mass is 204 g/mol. The Bertz CT molecular complexity index is 455. The van der Waals surface area contributed by atoms with Gasteiger partial charge in [-0.2, -0.15) is 0 Å². The number of ketones is 1. The van der Waals surface area contributed by atoms with E-state index in [0.717, 1.165) is 0 Å². The molecule has 1 aliphatic carbocycles. The van der Waals surface area contributed by atoms with Crippen LogP contribution in [0.4, 0.5) is 0 Å². The van der Waals surface area contributed by atoms with Crippen LogP contribution in [0.5, 0.6) is 0 Å². The number of rotatable bonds is 0. The van der Waals surface area contributed by atoms with Crippen molar-refractivity contribution in [3.8, 4) is 0 Å². The Hall–Kier alpha value is -2.17. The highest BCUT2D eigenvalue weighted by atomic mass is 16.4. The maximum absolute atomic E-state index is 11.3. The lowest BCUT2D eigenvalue weighted by Gasteiger charge is -2.12. The molecule has 0 radical (unpaired) electrons. The van der Waals surface area contributed by atoms with Gasteiger partial charge in [0.05, 0.1) is 5.70 Å². The molecule has 2 rings (SSSR count). The van der Waals surface area contributed by atoms with Crippen molar-refractivity contribution < 1.29 is 14.8 Å². The fourth-order valence-corrected chi connectivity index (χ4v) is 1.45. The minimum atomic E-state index is -0.378. The van der Waals surface area contributed by atoms with Crippen LogP contribution in [-0.2, 0) is 9.59 Å². The van der Waals surface area contributed by atoms with Crippen LogP contribution in [0.3, 0.4) is 0 Å². The molecule has 0 fully saturated rings. The number of nitrogens with zero attached hydrogens (tertiary/aromatic N) is 1. The van der Waals surface area contributed by atoms with Crippen LogP contribution in [0.15, 0.2) is 40.7 Å². The van der Waals surface area contributed by atoms with Crippen molar-refractivity contribution in [1.29, 1.82) is 0 Å². The van der Waals surface area contributed by atoms with E-state index in [4.69, 9.17) is 5.21 Å². The van der Waals surface area contributed by atoms with E-state index in [2.05, 4.69) is 10.5 Å². The molecule has 0 bridgehead atoms. The molecule has 0 saturated carbocycles. The Kier molecular flexibility index (Phi) is 2.21. The number of hydrogen-bond donors (Lipinski definition) is 2. The third-order valence-corrected chi connectivity index (χ3v) is 2.14. The lowest BCUT2D eigenvalue weighted by molar-refractivity contribution is -0.119. The standard InChI is InChI=1S/C10H8N2O3/c13-8-5-4-7-6(10(8)12-15)2-1-3-9(14)11-7/h1-2,4-5,15H,3H2,(H,11,14)/b12-10-. The molecule has 5 nitrogen and oxygen atoms in total. The first kappa shape index (κ1) is 9.39. The maximum Gasteiger partial charge on any atom is 0.228 e. The minimum absolute atomic E-state index is 0.0500. The average molecular weight is 204 g/mol. The zero-order valence-corrected chi connectivity index (χ0v) is 7.73. The van der Waals surface area contributed by atoms with E-state index >= 15 is 0 Å². The highest BCUT2D eigenvalue weighted by Gasteiger charge is 2.23. The van der Waals surface area contributed by atoms with E-state index in [1.54, 1.807) is 12.2 Å². The molecule has 2 aliphatic rings. The molecule has 0 atom stereocenters. The quantitative estimate of drug-likeness (QED) is 0.338. The molecule has 0 unspecified atom stereocenters. The second-order valence-corrected chi connectivity index (χ2v) is 3.13. The van der Waals surface area contributed by atoms with Crippen LogP contribution >= 0.6 is 0 Å². The van der Waals surface area contributed by atoms with Gasteiger partial charge in [-0.05, 0) is 12.2 Å². The summed E-state index contributed by atoms with van der Waals surface area (Å²) >= 11 is 0. The molecule has 5 heteroatoms. The van der Waals surface area contributed by atoms with Gasteiger partial charge < -0.3 is 10.5 Å². The van der Waals surface area contributed by atoms with E-state index in [9.17, 15) is 9.59 Å².